The third kappa shape index (κ3) is 4.81. The van der Waals surface area contributed by atoms with E-state index in [4.69, 9.17) is 9.84 Å². The highest BCUT2D eigenvalue weighted by atomic mass is 16.5. The van der Waals surface area contributed by atoms with Gasteiger partial charge in [-0.15, -0.1) is 10.2 Å². The van der Waals surface area contributed by atoms with Crippen LogP contribution >= 0.6 is 0 Å². The molecule has 0 atom stereocenters. The van der Waals surface area contributed by atoms with Crippen LogP contribution < -0.4 is 10.1 Å². The highest BCUT2D eigenvalue weighted by molar-refractivity contribution is 5.94. The molecule has 0 fully saturated rings. The molecule has 2 aromatic heterocycles. The van der Waals surface area contributed by atoms with Crippen LogP contribution in [0.3, 0.4) is 0 Å². The lowest BCUT2D eigenvalue weighted by atomic mass is 10.2. The van der Waals surface area contributed by atoms with E-state index in [1.807, 2.05) is 19.1 Å². The number of aliphatic carboxylic acids is 1. The Balaban J connectivity index is 1.52. The first-order valence-corrected chi connectivity index (χ1v) is 8.56. The monoisotopic (exact) mass is 368 g/mol. The van der Waals surface area contributed by atoms with E-state index in [1.165, 1.54) is 0 Å². The number of aryl methyl sites for hydroxylation is 1. The van der Waals surface area contributed by atoms with Gasteiger partial charge in [0.15, 0.2) is 5.65 Å². The van der Waals surface area contributed by atoms with E-state index in [1.54, 1.807) is 34.9 Å². The number of benzene rings is 1. The quantitative estimate of drug-likeness (QED) is 0.591. The molecular weight excluding hydrogens is 348 g/mol. The Morgan fingerprint density at radius 3 is 2.67 bits per heavy atom. The second kappa shape index (κ2) is 8.31. The molecule has 0 radical (unpaired) electrons. The molecule has 0 aliphatic heterocycles. The van der Waals surface area contributed by atoms with E-state index in [0.29, 0.717) is 36.5 Å². The number of carbonyl (C=O) groups excluding carboxylic acids is 1. The summed E-state index contributed by atoms with van der Waals surface area (Å²) in [5, 5.41) is 19.4. The summed E-state index contributed by atoms with van der Waals surface area (Å²) in [4.78, 5) is 22.8. The fourth-order valence-corrected chi connectivity index (χ4v) is 2.54. The minimum atomic E-state index is -0.830. The molecule has 140 valence electrons. The number of carbonyl (C=O) groups is 2. The number of carboxylic acids is 1. The number of hydrogen-bond donors (Lipinski definition) is 2. The van der Waals surface area contributed by atoms with Crippen molar-refractivity contribution in [2.75, 3.05) is 6.61 Å². The lowest BCUT2D eigenvalue weighted by Gasteiger charge is -2.08. The average Bonchev–Trinajstić information content (AvgIpc) is 3.04. The first-order valence-electron chi connectivity index (χ1n) is 8.56. The van der Waals surface area contributed by atoms with E-state index in [9.17, 15) is 9.59 Å². The van der Waals surface area contributed by atoms with Crippen LogP contribution in [-0.4, -0.2) is 38.2 Å². The van der Waals surface area contributed by atoms with Gasteiger partial charge in [-0.3, -0.25) is 14.0 Å². The number of amides is 1. The Hall–Kier alpha value is -3.42. The molecular formula is C19H20N4O4. The van der Waals surface area contributed by atoms with Crippen molar-refractivity contribution in [1.29, 1.82) is 0 Å². The topological polar surface area (TPSA) is 106 Å². The normalized spacial score (nSPS) is 10.7. The molecule has 2 N–H and O–H groups in total. The van der Waals surface area contributed by atoms with Crippen LogP contribution in [0.4, 0.5) is 0 Å². The maximum absolute atomic E-state index is 12.4. The third-order valence-electron chi connectivity index (χ3n) is 4.02. The first kappa shape index (κ1) is 18.4. The molecule has 1 amide bonds. The zero-order valence-electron chi connectivity index (χ0n) is 14.9. The number of carboxylic acid groups (broad SMARTS) is 1. The molecule has 1 aromatic carbocycles. The van der Waals surface area contributed by atoms with Crippen molar-refractivity contribution >= 4 is 17.5 Å². The third-order valence-corrected chi connectivity index (χ3v) is 4.02. The first-order chi connectivity index (χ1) is 13.0. The molecule has 0 bridgehead atoms. The molecule has 27 heavy (non-hydrogen) atoms. The van der Waals surface area contributed by atoms with Crippen molar-refractivity contribution in [3.63, 3.8) is 0 Å². The smallest absolute Gasteiger partial charge is 0.303 e. The lowest BCUT2D eigenvalue weighted by Crippen LogP contribution is -2.23. The number of ether oxygens (including phenoxy) is 1. The van der Waals surface area contributed by atoms with E-state index in [0.717, 1.165) is 11.4 Å². The summed E-state index contributed by atoms with van der Waals surface area (Å²) in [6.07, 6.45) is 2.27. The van der Waals surface area contributed by atoms with Gasteiger partial charge in [0.25, 0.3) is 5.91 Å². The van der Waals surface area contributed by atoms with Crippen molar-refractivity contribution in [1.82, 2.24) is 19.9 Å². The zero-order chi connectivity index (χ0) is 19.2. The van der Waals surface area contributed by atoms with Crippen LogP contribution in [-0.2, 0) is 11.3 Å². The van der Waals surface area contributed by atoms with Crippen LogP contribution in [0.25, 0.3) is 5.65 Å². The molecule has 3 aromatic rings. The fourth-order valence-electron chi connectivity index (χ4n) is 2.54. The predicted octanol–water partition coefficient (Wildman–Crippen LogP) is 2.21. The van der Waals surface area contributed by atoms with Gasteiger partial charge in [-0.05, 0) is 43.2 Å². The molecule has 2 heterocycles. The van der Waals surface area contributed by atoms with Crippen molar-refractivity contribution in [3.8, 4) is 5.75 Å². The largest absolute Gasteiger partial charge is 0.494 e. The fraction of sp³-hybridized carbons (Fsp3) is 0.263. The lowest BCUT2D eigenvalue weighted by molar-refractivity contribution is -0.137. The van der Waals surface area contributed by atoms with Gasteiger partial charge >= 0.3 is 5.97 Å². The van der Waals surface area contributed by atoms with Crippen LogP contribution in [0, 0.1) is 6.92 Å². The van der Waals surface area contributed by atoms with Gasteiger partial charge in [-0.2, -0.15) is 0 Å². The molecule has 0 aliphatic carbocycles. The number of pyridine rings is 1. The average molecular weight is 368 g/mol. The summed E-state index contributed by atoms with van der Waals surface area (Å²) < 4.78 is 7.25. The summed E-state index contributed by atoms with van der Waals surface area (Å²) in [7, 11) is 0. The van der Waals surface area contributed by atoms with Gasteiger partial charge in [0.2, 0.25) is 0 Å². The predicted molar refractivity (Wildman–Crippen MR) is 97.7 cm³/mol. The Morgan fingerprint density at radius 1 is 1.15 bits per heavy atom. The summed E-state index contributed by atoms with van der Waals surface area (Å²) in [5.74, 6) is 0.380. The van der Waals surface area contributed by atoms with Gasteiger partial charge in [0.05, 0.1) is 12.2 Å². The highest BCUT2D eigenvalue weighted by Crippen LogP contribution is 2.13. The molecule has 0 spiro atoms. The van der Waals surface area contributed by atoms with Crippen molar-refractivity contribution < 1.29 is 19.4 Å². The standard InChI is InChI=1S/C19H20N4O4/c1-13-21-22-17-9-6-15(12-23(13)17)19(26)20-11-14-4-7-16(8-5-14)27-10-2-3-18(24)25/h4-9,12H,2-3,10-11H2,1H3,(H,20,26)(H,24,25). The number of hydrogen-bond acceptors (Lipinski definition) is 5. The van der Waals surface area contributed by atoms with Crippen LogP contribution in [0.2, 0.25) is 0 Å². The van der Waals surface area contributed by atoms with Crippen molar-refractivity contribution in [2.24, 2.45) is 0 Å². The van der Waals surface area contributed by atoms with Crippen LogP contribution in [0.1, 0.15) is 34.6 Å². The highest BCUT2D eigenvalue weighted by Gasteiger charge is 2.08. The van der Waals surface area contributed by atoms with Gasteiger partial charge in [-0.1, -0.05) is 12.1 Å². The second-order valence-electron chi connectivity index (χ2n) is 6.07. The van der Waals surface area contributed by atoms with Gasteiger partial charge < -0.3 is 15.2 Å². The maximum atomic E-state index is 12.4. The second-order valence-corrected chi connectivity index (χ2v) is 6.07. The molecule has 3 rings (SSSR count). The van der Waals surface area contributed by atoms with Crippen LogP contribution in [0.5, 0.6) is 5.75 Å². The van der Waals surface area contributed by atoms with E-state index in [2.05, 4.69) is 15.5 Å². The van der Waals surface area contributed by atoms with E-state index in [-0.39, 0.29) is 12.3 Å². The summed E-state index contributed by atoms with van der Waals surface area (Å²) >= 11 is 0. The van der Waals surface area contributed by atoms with Gasteiger partial charge in [0.1, 0.15) is 11.6 Å². The summed E-state index contributed by atoms with van der Waals surface area (Å²) in [5.41, 5.74) is 2.16. The van der Waals surface area contributed by atoms with Crippen molar-refractivity contribution in [3.05, 3.63) is 59.5 Å². The van der Waals surface area contributed by atoms with Gasteiger partial charge in [0, 0.05) is 19.2 Å². The Labute approximate surface area is 155 Å². The molecule has 0 saturated carbocycles. The zero-order valence-corrected chi connectivity index (χ0v) is 14.9. The Morgan fingerprint density at radius 2 is 1.93 bits per heavy atom. The minimum absolute atomic E-state index is 0.0879. The Bertz CT molecular complexity index is 950. The number of aromatic nitrogens is 3. The number of nitrogens with zero attached hydrogens (tertiary/aromatic N) is 3. The van der Waals surface area contributed by atoms with Crippen molar-refractivity contribution in [2.45, 2.75) is 26.3 Å². The minimum Gasteiger partial charge on any atom is -0.494 e. The maximum Gasteiger partial charge on any atom is 0.303 e. The summed E-state index contributed by atoms with van der Waals surface area (Å²) in [6, 6.07) is 10.8. The van der Waals surface area contributed by atoms with Gasteiger partial charge in [-0.25, -0.2) is 0 Å². The van der Waals surface area contributed by atoms with E-state index >= 15 is 0 Å². The molecule has 0 saturated heterocycles. The number of fused-ring (bicyclic) bond motifs is 1. The number of rotatable bonds is 8. The van der Waals surface area contributed by atoms with Crippen LogP contribution in [0.15, 0.2) is 42.6 Å². The SMILES string of the molecule is Cc1nnc2ccc(C(=O)NCc3ccc(OCCCC(=O)O)cc3)cn12. The number of nitrogens with one attached hydrogen (secondary N) is 1. The molecule has 0 unspecified atom stereocenters. The molecule has 8 nitrogen and oxygen atoms in total. The Kier molecular flexibility index (Phi) is 5.65. The summed E-state index contributed by atoms with van der Waals surface area (Å²) in [6.45, 7) is 2.57. The van der Waals surface area contributed by atoms with E-state index < -0.39 is 5.97 Å². The molecule has 0 aliphatic rings. The molecule has 8 heteroatoms.